The first-order chi connectivity index (χ1) is 8.88. The summed E-state index contributed by atoms with van der Waals surface area (Å²) in [6.45, 7) is 0.712. The van der Waals surface area contributed by atoms with Crippen LogP contribution in [0.25, 0.3) is 0 Å². The molecule has 1 aromatic rings. The number of anilines is 1. The third-order valence-electron chi connectivity index (χ3n) is 3.41. The highest BCUT2D eigenvalue weighted by Crippen LogP contribution is 2.34. The fourth-order valence-electron chi connectivity index (χ4n) is 2.06. The van der Waals surface area contributed by atoms with Gasteiger partial charge in [0.25, 0.3) is 0 Å². The van der Waals surface area contributed by atoms with Crippen molar-refractivity contribution in [2.24, 2.45) is 11.7 Å². The molecule has 0 unspecified atom stereocenters. The molecule has 6 heteroatoms. The lowest BCUT2D eigenvalue weighted by Gasteiger charge is -2.26. The largest absolute Gasteiger partial charge is 0.417 e. The van der Waals surface area contributed by atoms with Crippen LogP contribution in [0.1, 0.15) is 30.4 Å². The topological polar surface area (TPSA) is 38.0 Å². The third kappa shape index (κ3) is 3.37. The number of thiocarbonyl (C=S) groups is 1. The average Bonchev–Trinajstić information content (AvgIpc) is 2.25. The van der Waals surface area contributed by atoms with Gasteiger partial charge in [-0.1, -0.05) is 18.6 Å². The van der Waals surface area contributed by atoms with E-state index in [1.165, 1.54) is 12.5 Å². The van der Waals surface area contributed by atoms with Gasteiger partial charge in [-0.3, -0.25) is 0 Å². The highest BCUT2D eigenvalue weighted by atomic mass is 32.1. The van der Waals surface area contributed by atoms with E-state index in [1.807, 2.05) is 0 Å². The Kier molecular flexibility index (Phi) is 3.99. The first-order valence-corrected chi connectivity index (χ1v) is 6.53. The lowest BCUT2D eigenvalue weighted by Crippen LogP contribution is -2.22. The molecule has 19 heavy (non-hydrogen) atoms. The van der Waals surface area contributed by atoms with Crippen LogP contribution in [-0.4, -0.2) is 11.5 Å². The third-order valence-corrected chi connectivity index (χ3v) is 3.63. The summed E-state index contributed by atoms with van der Waals surface area (Å²) in [5.41, 5.74) is 4.88. The lowest BCUT2D eigenvalue weighted by atomic mass is 9.85. The number of hydrogen-bond donors (Lipinski definition) is 2. The molecule has 0 radical (unpaired) electrons. The summed E-state index contributed by atoms with van der Waals surface area (Å²) in [7, 11) is 0. The van der Waals surface area contributed by atoms with Crippen LogP contribution in [0, 0.1) is 5.92 Å². The second kappa shape index (κ2) is 5.36. The summed E-state index contributed by atoms with van der Waals surface area (Å²) in [6.07, 6.45) is -0.957. The van der Waals surface area contributed by atoms with Crippen LogP contribution >= 0.6 is 12.2 Å². The molecule has 3 N–H and O–H groups in total. The van der Waals surface area contributed by atoms with Gasteiger partial charge in [0, 0.05) is 17.8 Å². The van der Waals surface area contributed by atoms with Crippen molar-refractivity contribution in [3.05, 3.63) is 29.3 Å². The van der Waals surface area contributed by atoms with E-state index in [-0.39, 0.29) is 10.6 Å². The molecule has 0 bridgehead atoms. The van der Waals surface area contributed by atoms with E-state index in [0.717, 1.165) is 18.9 Å². The second-order valence-corrected chi connectivity index (χ2v) is 5.24. The van der Waals surface area contributed by atoms with Gasteiger partial charge in [-0.2, -0.15) is 13.2 Å². The van der Waals surface area contributed by atoms with Gasteiger partial charge >= 0.3 is 6.18 Å². The Morgan fingerprint density at radius 2 is 2.05 bits per heavy atom. The highest BCUT2D eigenvalue weighted by Gasteiger charge is 2.34. The number of nitrogens with one attached hydrogen (secondary N) is 1. The molecule has 1 aromatic carbocycles. The predicted molar refractivity (Wildman–Crippen MR) is 73.2 cm³/mol. The van der Waals surface area contributed by atoms with E-state index < -0.39 is 11.7 Å². The molecule has 0 heterocycles. The minimum atomic E-state index is -4.45. The summed E-state index contributed by atoms with van der Waals surface area (Å²) in [5, 5.41) is 3.04. The fraction of sp³-hybridized carbons (Fsp3) is 0.462. The zero-order chi connectivity index (χ0) is 14.0. The average molecular weight is 288 g/mol. The Morgan fingerprint density at radius 1 is 1.37 bits per heavy atom. The number of alkyl halides is 3. The van der Waals surface area contributed by atoms with Gasteiger partial charge in [0.1, 0.15) is 4.99 Å². The van der Waals surface area contributed by atoms with Gasteiger partial charge in [-0.15, -0.1) is 0 Å². The molecule has 0 spiro atoms. The smallest absolute Gasteiger partial charge is 0.389 e. The van der Waals surface area contributed by atoms with Gasteiger partial charge in [-0.05, 0) is 37.0 Å². The van der Waals surface area contributed by atoms with Crippen LogP contribution in [0.15, 0.2) is 18.2 Å². The summed E-state index contributed by atoms with van der Waals surface area (Å²) < 4.78 is 38.8. The molecule has 0 aromatic heterocycles. The summed E-state index contributed by atoms with van der Waals surface area (Å²) >= 11 is 4.65. The Bertz CT molecular complexity index is 481. The van der Waals surface area contributed by atoms with Crippen LogP contribution < -0.4 is 11.1 Å². The van der Waals surface area contributed by atoms with Crippen molar-refractivity contribution in [2.75, 3.05) is 11.9 Å². The van der Waals surface area contributed by atoms with Crippen molar-refractivity contribution in [3.8, 4) is 0 Å². The number of benzene rings is 1. The van der Waals surface area contributed by atoms with Gasteiger partial charge in [0.2, 0.25) is 0 Å². The van der Waals surface area contributed by atoms with Crippen LogP contribution in [0.3, 0.4) is 0 Å². The van der Waals surface area contributed by atoms with E-state index in [9.17, 15) is 13.2 Å². The van der Waals surface area contributed by atoms with Crippen molar-refractivity contribution in [3.63, 3.8) is 0 Å². The molecule has 0 amide bonds. The van der Waals surface area contributed by atoms with Crippen molar-refractivity contribution in [1.29, 1.82) is 0 Å². The van der Waals surface area contributed by atoms with E-state index in [0.29, 0.717) is 18.2 Å². The molecule has 1 saturated carbocycles. The van der Waals surface area contributed by atoms with Crippen molar-refractivity contribution >= 4 is 22.9 Å². The zero-order valence-electron chi connectivity index (χ0n) is 10.3. The molecular weight excluding hydrogens is 273 g/mol. The Hall–Kier alpha value is -1.30. The number of halogens is 3. The Labute approximate surface area is 115 Å². The molecule has 0 aliphatic heterocycles. The van der Waals surface area contributed by atoms with E-state index in [4.69, 9.17) is 5.73 Å². The maximum Gasteiger partial charge on any atom is 0.417 e. The fourth-order valence-corrected chi connectivity index (χ4v) is 2.24. The quantitative estimate of drug-likeness (QED) is 0.832. The molecule has 0 atom stereocenters. The van der Waals surface area contributed by atoms with Crippen LogP contribution in [0.4, 0.5) is 18.9 Å². The molecule has 2 rings (SSSR count). The zero-order valence-corrected chi connectivity index (χ0v) is 11.1. The maximum atomic E-state index is 12.9. The van der Waals surface area contributed by atoms with Gasteiger partial charge in [0.05, 0.1) is 5.56 Å². The minimum absolute atomic E-state index is 0.128. The normalized spacial score (nSPS) is 15.9. The van der Waals surface area contributed by atoms with E-state index in [1.54, 1.807) is 6.07 Å². The van der Waals surface area contributed by atoms with E-state index >= 15 is 0 Å². The predicted octanol–water partition coefficient (Wildman–Crippen LogP) is 3.55. The first-order valence-electron chi connectivity index (χ1n) is 6.13. The summed E-state index contributed by atoms with van der Waals surface area (Å²) in [6, 6.07) is 3.99. The molecule has 1 aliphatic carbocycles. The molecular formula is C13H15F3N2S. The van der Waals surface area contributed by atoms with Crippen molar-refractivity contribution in [1.82, 2.24) is 0 Å². The number of hydrogen-bond acceptors (Lipinski definition) is 2. The van der Waals surface area contributed by atoms with Crippen LogP contribution in [0.2, 0.25) is 0 Å². The van der Waals surface area contributed by atoms with Gasteiger partial charge in [0.15, 0.2) is 0 Å². The SMILES string of the molecule is NC(=S)c1ccc(NCC2CCC2)cc1C(F)(F)F. The van der Waals surface area contributed by atoms with E-state index in [2.05, 4.69) is 17.5 Å². The molecule has 104 valence electrons. The molecule has 0 saturated heterocycles. The van der Waals surface area contributed by atoms with Crippen molar-refractivity contribution in [2.45, 2.75) is 25.4 Å². The molecule has 1 aliphatic rings. The Balaban J connectivity index is 2.19. The number of nitrogens with two attached hydrogens (primary N) is 1. The van der Waals surface area contributed by atoms with Crippen LogP contribution in [0.5, 0.6) is 0 Å². The van der Waals surface area contributed by atoms with Crippen LogP contribution in [-0.2, 0) is 6.18 Å². The second-order valence-electron chi connectivity index (χ2n) is 4.80. The lowest BCUT2D eigenvalue weighted by molar-refractivity contribution is -0.137. The number of rotatable bonds is 4. The summed E-state index contributed by atoms with van der Waals surface area (Å²) in [4.78, 5) is -0.238. The first kappa shape index (κ1) is 14.1. The monoisotopic (exact) mass is 288 g/mol. The van der Waals surface area contributed by atoms with Gasteiger partial charge < -0.3 is 11.1 Å². The summed E-state index contributed by atoms with van der Waals surface area (Å²) in [5.74, 6) is 0.574. The molecule has 2 nitrogen and oxygen atoms in total. The minimum Gasteiger partial charge on any atom is -0.389 e. The standard InChI is InChI=1S/C13H15F3N2S/c14-13(15,16)11-6-9(4-5-10(11)12(17)19)18-7-8-2-1-3-8/h4-6,8,18H,1-3,7H2,(H2,17,19). The molecule has 1 fully saturated rings. The van der Waals surface area contributed by atoms with Gasteiger partial charge in [-0.25, -0.2) is 0 Å². The maximum absolute atomic E-state index is 12.9. The van der Waals surface area contributed by atoms with Crippen molar-refractivity contribution < 1.29 is 13.2 Å². The highest BCUT2D eigenvalue weighted by molar-refractivity contribution is 7.80. The Morgan fingerprint density at radius 3 is 2.53 bits per heavy atom.